The Bertz CT molecular complexity index is 1250. The van der Waals surface area contributed by atoms with Gasteiger partial charge in [0.05, 0.1) is 0 Å². The number of ketones is 2. The third-order valence-corrected chi connectivity index (χ3v) is 7.27. The van der Waals surface area contributed by atoms with Crippen LogP contribution >= 0.6 is 0 Å². The number of allylic oxidation sites excluding steroid dienone is 4. The predicted octanol–water partition coefficient (Wildman–Crippen LogP) is 5.45. The summed E-state index contributed by atoms with van der Waals surface area (Å²) in [4.78, 5) is 41.2. The minimum Gasteiger partial charge on any atom is -0.484 e. The molecular weight excluding hydrogens is 452 g/mol. The molecule has 1 aliphatic heterocycles. The van der Waals surface area contributed by atoms with E-state index in [4.69, 9.17) is 4.74 Å². The number of carbonyl (C=O) groups excluding carboxylic acids is 3. The standard InChI is InChI=1S/C30H32N2O4/c1-3-32-23-12-6-14-25(33)29(23)28(30-24(32)13-7-15-26(30)34)20-9-5-11-22(17-20)36-18-27(35)31-21-10-4-8-19(2)16-21/h4-5,8-11,16-17,28H,3,6-7,12-15,18H2,1-2H3,(H,31,35). The van der Waals surface area contributed by atoms with Gasteiger partial charge in [0.15, 0.2) is 18.2 Å². The second-order valence-corrected chi connectivity index (χ2v) is 9.73. The first kappa shape index (κ1) is 24.0. The Hall–Kier alpha value is -3.67. The van der Waals surface area contributed by atoms with Gasteiger partial charge in [-0.3, -0.25) is 14.4 Å². The van der Waals surface area contributed by atoms with E-state index in [-0.39, 0.29) is 30.0 Å². The van der Waals surface area contributed by atoms with Crippen LogP contribution in [0.15, 0.2) is 71.1 Å². The van der Waals surface area contributed by atoms with Gasteiger partial charge in [-0.2, -0.15) is 0 Å². The van der Waals surface area contributed by atoms with Crippen molar-refractivity contribution >= 4 is 23.2 Å². The van der Waals surface area contributed by atoms with Crippen LogP contribution in [0.5, 0.6) is 5.75 Å². The van der Waals surface area contributed by atoms with Crippen molar-refractivity contribution in [2.24, 2.45) is 0 Å². The zero-order valence-electron chi connectivity index (χ0n) is 20.9. The van der Waals surface area contributed by atoms with E-state index in [1.165, 1.54) is 0 Å². The predicted molar refractivity (Wildman–Crippen MR) is 139 cm³/mol. The first-order valence-electron chi connectivity index (χ1n) is 12.9. The van der Waals surface area contributed by atoms with Gasteiger partial charge in [-0.15, -0.1) is 0 Å². The minimum absolute atomic E-state index is 0.133. The molecule has 0 saturated heterocycles. The van der Waals surface area contributed by atoms with Crippen molar-refractivity contribution in [1.82, 2.24) is 4.90 Å². The van der Waals surface area contributed by atoms with E-state index in [1.807, 2.05) is 49.4 Å². The Balaban J connectivity index is 1.44. The molecule has 6 heteroatoms. The number of nitrogens with one attached hydrogen (secondary N) is 1. The average molecular weight is 485 g/mol. The molecule has 0 spiro atoms. The molecule has 186 valence electrons. The minimum atomic E-state index is -0.372. The van der Waals surface area contributed by atoms with E-state index in [0.717, 1.165) is 71.6 Å². The highest BCUT2D eigenvalue weighted by molar-refractivity contribution is 6.06. The van der Waals surface area contributed by atoms with Crippen molar-refractivity contribution in [2.75, 3.05) is 18.5 Å². The summed E-state index contributed by atoms with van der Waals surface area (Å²) >= 11 is 0. The molecule has 1 amide bonds. The number of nitrogens with zero attached hydrogens (tertiary/aromatic N) is 1. The number of hydrogen-bond acceptors (Lipinski definition) is 5. The summed E-state index contributed by atoms with van der Waals surface area (Å²) in [6.45, 7) is 4.68. The summed E-state index contributed by atoms with van der Waals surface area (Å²) in [5.41, 5.74) is 6.36. The molecule has 5 rings (SSSR count). The van der Waals surface area contributed by atoms with E-state index in [0.29, 0.717) is 18.6 Å². The number of benzene rings is 2. The van der Waals surface area contributed by atoms with Crippen LogP contribution in [0.4, 0.5) is 5.69 Å². The molecule has 2 aliphatic carbocycles. The van der Waals surface area contributed by atoms with Gasteiger partial charge in [0.25, 0.3) is 5.91 Å². The van der Waals surface area contributed by atoms with Crippen molar-refractivity contribution in [3.8, 4) is 5.75 Å². The van der Waals surface area contributed by atoms with Crippen LogP contribution in [0.25, 0.3) is 0 Å². The van der Waals surface area contributed by atoms with E-state index >= 15 is 0 Å². The molecule has 0 atom stereocenters. The Morgan fingerprint density at radius 1 is 0.944 bits per heavy atom. The van der Waals surface area contributed by atoms with Crippen molar-refractivity contribution in [3.05, 3.63) is 82.2 Å². The van der Waals surface area contributed by atoms with Crippen LogP contribution in [0, 0.1) is 6.92 Å². The molecule has 0 bridgehead atoms. The molecule has 3 aliphatic rings. The Morgan fingerprint density at radius 3 is 2.25 bits per heavy atom. The number of Topliss-reactive ketones (excluding diaryl/α,β-unsaturated/α-hetero) is 2. The lowest BCUT2D eigenvalue weighted by molar-refractivity contribution is -0.118. The number of hydrogen-bond donors (Lipinski definition) is 1. The van der Waals surface area contributed by atoms with Gasteiger partial charge in [-0.1, -0.05) is 24.3 Å². The smallest absolute Gasteiger partial charge is 0.262 e. The number of ether oxygens (including phenoxy) is 1. The normalized spacial score (nSPS) is 18.2. The summed E-state index contributed by atoms with van der Waals surface area (Å²) in [6.07, 6.45) is 4.42. The lowest BCUT2D eigenvalue weighted by Gasteiger charge is -2.43. The van der Waals surface area contributed by atoms with Gasteiger partial charge in [-0.25, -0.2) is 0 Å². The summed E-state index contributed by atoms with van der Waals surface area (Å²) in [6, 6.07) is 15.1. The molecule has 36 heavy (non-hydrogen) atoms. The van der Waals surface area contributed by atoms with Gasteiger partial charge >= 0.3 is 0 Å². The van der Waals surface area contributed by atoms with Crippen molar-refractivity contribution in [3.63, 3.8) is 0 Å². The largest absolute Gasteiger partial charge is 0.484 e. The molecule has 1 heterocycles. The van der Waals surface area contributed by atoms with Gasteiger partial charge in [0.2, 0.25) is 0 Å². The lowest BCUT2D eigenvalue weighted by atomic mass is 9.71. The van der Waals surface area contributed by atoms with Crippen LogP contribution in [-0.2, 0) is 14.4 Å². The monoisotopic (exact) mass is 484 g/mol. The zero-order valence-corrected chi connectivity index (χ0v) is 20.9. The Kier molecular flexibility index (Phi) is 6.77. The number of aryl methyl sites for hydroxylation is 1. The first-order valence-corrected chi connectivity index (χ1v) is 12.9. The maximum absolute atomic E-state index is 13.2. The second kappa shape index (κ2) is 10.1. The molecule has 0 saturated carbocycles. The van der Waals surface area contributed by atoms with Gasteiger partial charge in [0, 0.05) is 53.5 Å². The molecule has 0 aromatic heterocycles. The fourth-order valence-electron chi connectivity index (χ4n) is 5.78. The van der Waals surface area contributed by atoms with E-state index in [9.17, 15) is 14.4 Å². The molecule has 0 unspecified atom stereocenters. The molecule has 0 radical (unpaired) electrons. The molecule has 2 aromatic carbocycles. The third kappa shape index (κ3) is 4.60. The fraction of sp³-hybridized carbons (Fsp3) is 0.367. The van der Waals surface area contributed by atoms with Crippen LogP contribution in [0.3, 0.4) is 0 Å². The quantitative estimate of drug-likeness (QED) is 0.590. The number of carbonyl (C=O) groups is 3. The third-order valence-electron chi connectivity index (χ3n) is 7.27. The van der Waals surface area contributed by atoms with Crippen LogP contribution in [0.2, 0.25) is 0 Å². The summed E-state index contributed by atoms with van der Waals surface area (Å²) in [5, 5.41) is 2.85. The molecule has 6 nitrogen and oxygen atoms in total. The maximum atomic E-state index is 13.2. The Morgan fingerprint density at radius 2 is 1.61 bits per heavy atom. The number of amides is 1. The van der Waals surface area contributed by atoms with Gasteiger partial charge in [-0.05, 0) is 74.9 Å². The zero-order chi connectivity index (χ0) is 25.2. The highest BCUT2D eigenvalue weighted by Gasteiger charge is 2.42. The van der Waals surface area contributed by atoms with E-state index < -0.39 is 0 Å². The lowest BCUT2D eigenvalue weighted by Crippen LogP contribution is -2.39. The van der Waals surface area contributed by atoms with Crippen molar-refractivity contribution < 1.29 is 19.1 Å². The number of anilines is 1. The van der Waals surface area contributed by atoms with E-state index in [2.05, 4.69) is 17.1 Å². The SMILES string of the molecule is CCN1C2=C(C(=O)CCC2)C(c2cccc(OCC(=O)Nc3cccc(C)c3)c2)C2=C1CCCC2=O. The molecule has 2 aromatic rings. The average Bonchev–Trinajstić information content (AvgIpc) is 2.87. The first-order chi connectivity index (χ1) is 17.5. The van der Waals surface area contributed by atoms with Crippen LogP contribution in [-0.4, -0.2) is 35.5 Å². The topological polar surface area (TPSA) is 75.7 Å². The fourth-order valence-corrected chi connectivity index (χ4v) is 5.78. The van der Waals surface area contributed by atoms with Gasteiger partial charge in [0.1, 0.15) is 5.75 Å². The number of rotatable bonds is 6. The Labute approximate surface area is 212 Å². The van der Waals surface area contributed by atoms with Gasteiger partial charge < -0.3 is 15.0 Å². The molecular formula is C30H32N2O4. The highest BCUT2D eigenvalue weighted by Crippen LogP contribution is 2.49. The summed E-state index contributed by atoms with van der Waals surface area (Å²) in [5.74, 6) is 0.188. The maximum Gasteiger partial charge on any atom is 0.262 e. The summed E-state index contributed by atoms with van der Waals surface area (Å²) in [7, 11) is 0. The second-order valence-electron chi connectivity index (χ2n) is 9.73. The molecule has 0 fully saturated rings. The van der Waals surface area contributed by atoms with Crippen molar-refractivity contribution in [2.45, 2.75) is 58.3 Å². The summed E-state index contributed by atoms with van der Waals surface area (Å²) < 4.78 is 5.85. The van der Waals surface area contributed by atoms with Crippen LogP contribution < -0.4 is 10.1 Å². The van der Waals surface area contributed by atoms with Crippen molar-refractivity contribution in [1.29, 1.82) is 0 Å². The molecule has 1 N–H and O–H groups in total. The van der Waals surface area contributed by atoms with E-state index in [1.54, 1.807) is 6.07 Å². The highest BCUT2D eigenvalue weighted by atomic mass is 16.5. The van der Waals surface area contributed by atoms with Crippen LogP contribution in [0.1, 0.15) is 62.5 Å².